The van der Waals surface area contributed by atoms with Crippen molar-refractivity contribution in [3.63, 3.8) is 0 Å². The molecule has 1 aliphatic carbocycles. The van der Waals surface area contributed by atoms with Crippen molar-refractivity contribution in [1.82, 2.24) is 9.55 Å². The molecule has 0 amide bonds. The molecule has 6 nitrogen and oxygen atoms in total. The predicted molar refractivity (Wildman–Crippen MR) is 105 cm³/mol. The first-order valence-corrected chi connectivity index (χ1v) is 11.2. The fourth-order valence-electron chi connectivity index (χ4n) is 6.81. The van der Waals surface area contributed by atoms with Gasteiger partial charge in [-0.05, 0) is 25.0 Å². The molecule has 0 unspecified atom stereocenters. The molecule has 2 aromatic rings. The first-order chi connectivity index (χ1) is 13.9. The molecule has 3 atom stereocenters. The maximum absolute atomic E-state index is 5.77. The lowest BCUT2D eigenvalue weighted by atomic mass is 9.75. The second kappa shape index (κ2) is 6.80. The van der Waals surface area contributed by atoms with Crippen LogP contribution in [0.25, 0.3) is 11.0 Å². The largest absolute Gasteiger partial charge is 0.370 e. The first-order valence-electron chi connectivity index (χ1n) is 11.2. The van der Waals surface area contributed by atoms with Gasteiger partial charge in [-0.2, -0.15) is 0 Å². The summed E-state index contributed by atoms with van der Waals surface area (Å²) < 4.78 is 14.2. The molecule has 1 aromatic heterocycles. The summed E-state index contributed by atoms with van der Waals surface area (Å²) in [5.41, 5.74) is 2.67. The lowest BCUT2D eigenvalue weighted by Gasteiger charge is -2.47. The smallest absolute Gasteiger partial charge is 0.187 e. The van der Waals surface area contributed by atoms with Crippen molar-refractivity contribution < 1.29 is 19.3 Å². The van der Waals surface area contributed by atoms with Crippen molar-refractivity contribution >= 4 is 11.0 Å². The molecule has 3 fully saturated rings. The Labute approximate surface area is 166 Å². The van der Waals surface area contributed by atoms with Crippen molar-refractivity contribution in [3.8, 4) is 0 Å². The average molecular weight is 385 g/mol. The van der Waals surface area contributed by atoms with Crippen molar-refractivity contribution in [2.45, 2.75) is 37.4 Å². The number of hydrogen-bond donors (Lipinski definition) is 2. The number of para-hydroxylation sites is 2. The Hall–Kier alpha value is -1.47. The number of benzene rings is 1. The Kier molecular flexibility index (Phi) is 4.22. The van der Waals surface area contributed by atoms with Gasteiger partial charge in [0.25, 0.3) is 0 Å². The second-order valence-electron chi connectivity index (χ2n) is 9.03. The van der Waals surface area contributed by atoms with Crippen LogP contribution in [-0.4, -0.2) is 62.2 Å². The highest BCUT2D eigenvalue weighted by Crippen LogP contribution is 2.49. The van der Waals surface area contributed by atoms with Gasteiger partial charge in [-0.25, -0.2) is 4.98 Å². The number of imidazole rings is 1. The van der Waals surface area contributed by atoms with E-state index in [4.69, 9.17) is 14.5 Å². The minimum Gasteiger partial charge on any atom is -0.370 e. The van der Waals surface area contributed by atoms with E-state index in [1.165, 1.54) is 42.5 Å². The van der Waals surface area contributed by atoms with E-state index in [2.05, 4.69) is 28.8 Å². The molecule has 2 saturated heterocycles. The molecule has 28 heavy (non-hydrogen) atoms. The van der Waals surface area contributed by atoms with Gasteiger partial charge in [-0.3, -0.25) is 4.57 Å². The van der Waals surface area contributed by atoms with Crippen LogP contribution in [0.15, 0.2) is 24.3 Å². The molecule has 2 N–H and O–H groups in total. The number of rotatable bonds is 2. The van der Waals surface area contributed by atoms with Crippen LogP contribution < -0.4 is 9.80 Å². The van der Waals surface area contributed by atoms with Gasteiger partial charge in [-0.15, -0.1) is 0 Å². The third kappa shape index (κ3) is 2.38. The van der Waals surface area contributed by atoms with E-state index < -0.39 is 0 Å². The summed E-state index contributed by atoms with van der Waals surface area (Å²) in [6.45, 7) is 8.01. The maximum atomic E-state index is 5.77. The topological polar surface area (TPSA) is 45.2 Å². The minimum atomic E-state index is 0.156. The van der Waals surface area contributed by atoms with E-state index in [1.807, 2.05) is 0 Å². The summed E-state index contributed by atoms with van der Waals surface area (Å²) >= 11 is 0. The molecular weight excluding hydrogens is 352 g/mol. The molecule has 6 heteroatoms. The summed E-state index contributed by atoms with van der Waals surface area (Å²) in [5, 5.41) is 0. The van der Waals surface area contributed by atoms with Crippen molar-refractivity contribution in [3.05, 3.63) is 30.1 Å². The molecule has 4 aliphatic rings. The molecule has 1 aromatic carbocycles. The van der Waals surface area contributed by atoms with Crippen LogP contribution in [-0.2, 0) is 15.1 Å². The van der Waals surface area contributed by atoms with Gasteiger partial charge in [0, 0.05) is 6.42 Å². The monoisotopic (exact) mass is 384 g/mol. The van der Waals surface area contributed by atoms with E-state index in [9.17, 15) is 0 Å². The number of fused-ring (bicyclic) bond motifs is 5. The van der Waals surface area contributed by atoms with Gasteiger partial charge < -0.3 is 19.3 Å². The minimum absolute atomic E-state index is 0.156. The fourth-order valence-corrected chi connectivity index (χ4v) is 6.81. The van der Waals surface area contributed by atoms with Gasteiger partial charge in [0.1, 0.15) is 26.2 Å². The Balaban J connectivity index is 1.56. The van der Waals surface area contributed by atoms with E-state index in [0.717, 1.165) is 52.6 Å². The number of quaternary nitrogens is 2. The van der Waals surface area contributed by atoms with Gasteiger partial charge >= 0.3 is 0 Å². The first kappa shape index (κ1) is 17.4. The highest BCUT2D eigenvalue weighted by atomic mass is 16.5. The predicted octanol–water partition coefficient (Wildman–Crippen LogP) is -0.236. The molecule has 6 rings (SSSR count). The van der Waals surface area contributed by atoms with Crippen LogP contribution in [0.5, 0.6) is 0 Å². The normalized spacial score (nSPS) is 34.4. The van der Waals surface area contributed by atoms with E-state index in [-0.39, 0.29) is 5.66 Å². The van der Waals surface area contributed by atoms with Gasteiger partial charge in [0.2, 0.25) is 0 Å². The van der Waals surface area contributed by atoms with E-state index in [1.54, 1.807) is 9.80 Å². The van der Waals surface area contributed by atoms with Gasteiger partial charge in [0.15, 0.2) is 17.5 Å². The van der Waals surface area contributed by atoms with Crippen LogP contribution in [0.2, 0.25) is 0 Å². The fraction of sp³-hybridized carbons (Fsp3) is 0.682. The third-order valence-electron chi connectivity index (χ3n) is 7.89. The zero-order chi connectivity index (χ0) is 18.6. The highest BCUT2D eigenvalue weighted by molar-refractivity contribution is 5.76. The SMILES string of the molecule is c1ccc2c(c1)nc1n2[C@]2([NH+]3CCOCC3)CCCC[C@@H]2[C@H]1[NH+]1CCOCC1. The van der Waals surface area contributed by atoms with Crippen LogP contribution in [0, 0.1) is 5.92 Å². The summed E-state index contributed by atoms with van der Waals surface area (Å²) in [7, 11) is 0. The summed E-state index contributed by atoms with van der Waals surface area (Å²) in [5.74, 6) is 2.03. The molecule has 0 bridgehead atoms. The van der Waals surface area contributed by atoms with Crippen LogP contribution >= 0.6 is 0 Å². The number of morpholine rings is 2. The third-order valence-corrected chi connectivity index (χ3v) is 7.89. The molecule has 0 spiro atoms. The Morgan fingerprint density at radius 2 is 1.71 bits per heavy atom. The Bertz CT molecular complexity index is 855. The lowest BCUT2D eigenvalue weighted by molar-refractivity contribution is -0.995. The van der Waals surface area contributed by atoms with E-state index in [0.29, 0.717) is 12.0 Å². The zero-order valence-electron chi connectivity index (χ0n) is 16.7. The van der Waals surface area contributed by atoms with E-state index >= 15 is 0 Å². The Morgan fingerprint density at radius 3 is 2.54 bits per heavy atom. The summed E-state index contributed by atoms with van der Waals surface area (Å²) in [4.78, 5) is 8.71. The number of hydrogen-bond acceptors (Lipinski definition) is 3. The number of nitrogens with zero attached hydrogens (tertiary/aromatic N) is 2. The van der Waals surface area contributed by atoms with Crippen molar-refractivity contribution in [1.29, 1.82) is 0 Å². The second-order valence-corrected chi connectivity index (χ2v) is 9.03. The molecule has 0 radical (unpaired) electrons. The Morgan fingerprint density at radius 1 is 0.964 bits per heavy atom. The lowest BCUT2D eigenvalue weighted by Crippen LogP contribution is -3.23. The molecular formula is C22H32N4O2+2. The average Bonchev–Trinajstić information content (AvgIpc) is 3.28. The summed E-state index contributed by atoms with van der Waals surface area (Å²) in [6.07, 6.45) is 5.30. The van der Waals surface area contributed by atoms with Crippen LogP contribution in [0.3, 0.4) is 0 Å². The maximum Gasteiger partial charge on any atom is 0.187 e. The van der Waals surface area contributed by atoms with Crippen LogP contribution in [0.1, 0.15) is 37.5 Å². The quantitative estimate of drug-likeness (QED) is 0.752. The number of nitrogens with one attached hydrogen (secondary N) is 2. The number of ether oxygens (including phenoxy) is 2. The van der Waals surface area contributed by atoms with Gasteiger partial charge in [0.05, 0.1) is 43.4 Å². The molecule has 3 aliphatic heterocycles. The molecule has 150 valence electrons. The van der Waals surface area contributed by atoms with Gasteiger partial charge in [-0.1, -0.05) is 18.6 Å². The summed E-state index contributed by atoms with van der Waals surface area (Å²) in [6, 6.07) is 9.33. The molecule has 4 heterocycles. The van der Waals surface area contributed by atoms with Crippen LogP contribution in [0.4, 0.5) is 0 Å². The zero-order valence-corrected chi connectivity index (χ0v) is 16.7. The molecule has 1 saturated carbocycles. The van der Waals surface area contributed by atoms with Crippen molar-refractivity contribution in [2.24, 2.45) is 5.92 Å². The van der Waals surface area contributed by atoms with Crippen molar-refractivity contribution in [2.75, 3.05) is 52.6 Å². The highest BCUT2D eigenvalue weighted by Gasteiger charge is 2.64. The standard InChI is InChI=1S/C22H30N4O2/c1-2-7-19-18(6-1)23-21-20(24-9-13-27-14-10-24)17-5-3-4-8-22(17,26(19)21)25-11-15-28-16-12-25/h1-2,6-7,17,20H,3-5,8-16H2/p+2/t17-,20-,22-/m1/s1. The number of aromatic nitrogens is 2.